The van der Waals surface area contributed by atoms with E-state index in [0.29, 0.717) is 37.7 Å². The minimum absolute atomic E-state index is 0.163. The Morgan fingerprint density at radius 2 is 1.42 bits per heavy atom. The molecule has 7 rings (SSSR count). The van der Waals surface area contributed by atoms with Crippen LogP contribution in [0.2, 0.25) is 5.04 Å². The van der Waals surface area contributed by atoms with Crippen molar-refractivity contribution in [2.75, 3.05) is 26.3 Å². The Balaban J connectivity index is 1.20. The standard InChI is InChI=1S/C50H60N2O6Si/c1-35(30-36-21-23-40(54)24-22-36)20-25-45(55)46-38(34-58-59(50(2,3)4,41-16-10-6-11-17-41)42-18-12-7-13-19-42)31-43-47(44(46)33-53)49(57)52(48(43)56)39-26-28-51(29-27-39)32-37-14-8-5-9-15-37/h5-19,21-24,30,39,43-45,47,53-55H,20,25-29,31-34H2,1-4H3/b35-30+/t43-,44+,45-,47-/m1/s1. The number of aliphatic hydroxyl groups excluding tert-OH is 2. The first-order chi connectivity index (χ1) is 28.4. The van der Waals surface area contributed by atoms with Gasteiger partial charge < -0.3 is 19.7 Å². The smallest absolute Gasteiger partial charge is 0.261 e. The van der Waals surface area contributed by atoms with E-state index < -0.39 is 32.2 Å². The zero-order valence-corrected chi connectivity index (χ0v) is 36.0. The molecule has 0 aromatic heterocycles. The number of aliphatic hydroxyl groups is 2. The molecule has 9 heteroatoms. The zero-order chi connectivity index (χ0) is 41.7. The van der Waals surface area contributed by atoms with Gasteiger partial charge in [0.25, 0.3) is 8.32 Å². The number of aromatic hydroxyl groups is 1. The number of benzene rings is 4. The molecule has 2 aliphatic heterocycles. The summed E-state index contributed by atoms with van der Waals surface area (Å²) in [6.45, 7) is 10.9. The van der Waals surface area contributed by atoms with Crippen LogP contribution in [-0.4, -0.2) is 83.7 Å². The number of hydrogen-bond donors (Lipinski definition) is 3. The fourth-order valence-corrected chi connectivity index (χ4v) is 14.6. The van der Waals surface area contributed by atoms with Gasteiger partial charge in [-0.15, -0.1) is 0 Å². The molecule has 0 bridgehead atoms. The van der Waals surface area contributed by atoms with E-state index in [9.17, 15) is 24.9 Å². The first-order valence-corrected chi connectivity index (χ1v) is 23.2. The van der Waals surface area contributed by atoms with Crippen molar-refractivity contribution >= 4 is 36.6 Å². The summed E-state index contributed by atoms with van der Waals surface area (Å²) < 4.78 is 7.45. The molecule has 0 saturated carbocycles. The quantitative estimate of drug-likeness (QED) is 0.0709. The van der Waals surface area contributed by atoms with Crippen LogP contribution in [0.5, 0.6) is 5.75 Å². The number of fused-ring (bicyclic) bond motifs is 1. The molecular formula is C50H60N2O6Si. The highest BCUT2D eigenvalue weighted by molar-refractivity contribution is 6.99. The molecule has 3 aliphatic rings. The van der Waals surface area contributed by atoms with Gasteiger partial charge in [-0.3, -0.25) is 19.4 Å². The third kappa shape index (κ3) is 8.96. The van der Waals surface area contributed by atoms with Crippen LogP contribution in [0, 0.1) is 17.8 Å². The van der Waals surface area contributed by atoms with Gasteiger partial charge in [-0.05, 0) is 88.8 Å². The van der Waals surface area contributed by atoms with Gasteiger partial charge in [-0.2, -0.15) is 0 Å². The van der Waals surface area contributed by atoms with E-state index >= 15 is 0 Å². The molecule has 2 fully saturated rings. The second-order valence-corrected chi connectivity index (χ2v) is 22.1. The summed E-state index contributed by atoms with van der Waals surface area (Å²) in [5.41, 5.74) is 4.69. The molecule has 4 atom stereocenters. The summed E-state index contributed by atoms with van der Waals surface area (Å²) in [4.78, 5) is 33.1. The van der Waals surface area contributed by atoms with Crippen molar-refractivity contribution in [3.63, 3.8) is 0 Å². The Labute approximate surface area is 351 Å². The third-order valence-corrected chi connectivity index (χ3v) is 17.9. The number of likely N-dealkylation sites (tertiary alicyclic amines) is 2. The molecule has 310 valence electrons. The van der Waals surface area contributed by atoms with Crippen molar-refractivity contribution in [1.29, 1.82) is 0 Å². The Morgan fingerprint density at radius 1 is 0.847 bits per heavy atom. The second kappa shape index (κ2) is 18.3. The summed E-state index contributed by atoms with van der Waals surface area (Å²) in [5.74, 6) is -2.28. The summed E-state index contributed by atoms with van der Waals surface area (Å²) in [7, 11) is -3.03. The van der Waals surface area contributed by atoms with Crippen LogP contribution in [0.25, 0.3) is 6.08 Å². The number of imide groups is 1. The van der Waals surface area contributed by atoms with E-state index in [4.69, 9.17) is 4.43 Å². The Morgan fingerprint density at radius 3 is 1.98 bits per heavy atom. The molecule has 2 heterocycles. The second-order valence-electron chi connectivity index (χ2n) is 17.8. The number of carbonyl (C=O) groups is 2. The van der Waals surface area contributed by atoms with Crippen molar-refractivity contribution in [1.82, 2.24) is 9.80 Å². The van der Waals surface area contributed by atoms with E-state index in [1.54, 1.807) is 17.0 Å². The molecule has 4 aromatic rings. The van der Waals surface area contributed by atoms with Crippen LogP contribution < -0.4 is 10.4 Å². The third-order valence-electron chi connectivity index (χ3n) is 12.9. The molecule has 4 aromatic carbocycles. The number of phenolic OH excluding ortho intramolecular Hbond substituents is 1. The molecule has 1 aliphatic carbocycles. The van der Waals surface area contributed by atoms with Crippen molar-refractivity contribution in [3.8, 4) is 5.75 Å². The molecule has 59 heavy (non-hydrogen) atoms. The molecule has 2 amide bonds. The molecule has 0 spiro atoms. The van der Waals surface area contributed by atoms with Crippen LogP contribution in [0.15, 0.2) is 132 Å². The molecular weight excluding hydrogens is 753 g/mol. The SMILES string of the molecule is C/C(=C\c1ccc(O)cc1)CC[C@@H](O)C1=C(CO[Si](c2ccccc2)(c2ccccc2)C(C)(C)C)C[C@H]2C(=O)N(C3CCN(Cc4ccccc4)CC3)C(=O)[C@H]2[C@H]1CO. The normalized spacial score (nSPS) is 21.6. The first-order valence-electron chi connectivity index (χ1n) is 21.3. The lowest BCUT2D eigenvalue weighted by molar-refractivity contribution is -0.144. The van der Waals surface area contributed by atoms with Crippen molar-refractivity contribution in [2.24, 2.45) is 17.8 Å². The zero-order valence-electron chi connectivity index (χ0n) is 35.0. The maximum atomic E-state index is 14.6. The molecule has 0 radical (unpaired) electrons. The number of piperidine rings is 1. The summed E-state index contributed by atoms with van der Waals surface area (Å²) in [6.07, 6.45) is 3.71. The maximum absolute atomic E-state index is 14.6. The van der Waals surface area contributed by atoms with Crippen LogP contribution in [0.3, 0.4) is 0 Å². The highest BCUT2D eigenvalue weighted by atomic mass is 28.4. The predicted octanol–water partition coefficient (Wildman–Crippen LogP) is 7.09. The van der Waals surface area contributed by atoms with Gasteiger partial charge in [0.1, 0.15) is 5.75 Å². The maximum Gasteiger partial charge on any atom is 0.261 e. The highest BCUT2D eigenvalue weighted by Crippen LogP contribution is 2.48. The largest absolute Gasteiger partial charge is 0.508 e. The lowest BCUT2D eigenvalue weighted by Crippen LogP contribution is -2.66. The minimum Gasteiger partial charge on any atom is -0.508 e. The van der Waals surface area contributed by atoms with Crippen molar-refractivity contribution in [3.05, 3.63) is 143 Å². The van der Waals surface area contributed by atoms with E-state index in [-0.39, 0.29) is 41.9 Å². The molecule has 8 nitrogen and oxygen atoms in total. The first kappa shape index (κ1) is 42.5. The molecule has 2 saturated heterocycles. The van der Waals surface area contributed by atoms with Gasteiger partial charge in [-0.25, -0.2) is 0 Å². The highest BCUT2D eigenvalue weighted by Gasteiger charge is 2.57. The number of rotatable bonds is 14. The molecule has 3 N–H and O–H groups in total. The van der Waals surface area contributed by atoms with Gasteiger partial charge in [-0.1, -0.05) is 136 Å². The molecule has 0 unspecified atom stereocenters. The van der Waals surface area contributed by atoms with E-state index in [1.807, 2.05) is 79.7 Å². The summed E-state index contributed by atoms with van der Waals surface area (Å²) in [6, 6.07) is 38.0. The summed E-state index contributed by atoms with van der Waals surface area (Å²) in [5, 5.41) is 35.2. The van der Waals surface area contributed by atoms with Crippen LogP contribution in [0.1, 0.15) is 70.9 Å². The van der Waals surface area contributed by atoms with Crippen LogP contribution in [0.4, 0.5) is 0 Å². The lowest BCUT2D eigenvalue weighted by atomic mass is 9.68. The average Bonchev–Trinajstić information content (AvgIpc) is 3.49. The average molecular weight is 813 g/mol. The van der Waals surface area contributed by atoms with Gasteiger partial charge >= 0.3 is 0 Å². The lowest BCUT2D eigenvalue weighted by Gasteiger charge is -2.44. The van der Waals surface area contributed by atoms with E-state index in [0.717, 1.165) is 46.7 Å². The van der Waals surface area contributed by atoms with Gasteiger partial charge in [0, 0.05) is 31.6 Å². The van der Waals surface area contributed by atoms with Crippen molar-refractivity contribution in [2.45, 2.75) is 83.5 Å². The fraction of sp³-hybridized carbons (Fsp3) is 0.400. The number of nitrogens with zero attached hydrogens (tertiary/aromatic N) is 2. The van der Waals surface area contributed by atoms with Crippen LogP contribution >= 0.6 is 0 Å². The minimum atomic E-state index is -3.03. The monoisotopic (exact) mass is 812 g/mol. The number of hydrogen-bond acceptors (Lipinski definition) is 7. The van der Waals surface area contributed by atoms with Crippen LogP contribution in [-0.2, 0) is 20.6 Å². The summed E-state index contributed by atoms with van der Waals surface area (Å²) >= 11 is 0. The Bertz CT molecular complexity index is 2070. The van der Waals surface area contributed by atoms with Gasteiger partial charge in [0.15, 0.2) is 0 Å². The Hall–Kier alpha value is -4.64. The predicted molar refractivity (Wildman–Crippen MR) is 236 cm³/mol. The fourth-order valence-electron chi connectivity index (χ4n) is 10.1. The Kier molecular flexibility index (Phi) is 13.2. The van der Waals surface area contributed by atoms with E-state index in [1.165, 1.54) is 5.56 Å². The van der Waals surface area contributed by atoms with Crippen molar-refractivity contribution < 1.29 is 29.3 Å². The number of allylic oxidation sites excluding steroid dienone is 1. The number of amides is 2. The van der Waals surface area contributed by atoms with Gasteiger partial charge in [0.2, 0.25) is 11.8 Å². The number of carbonyl (C=O) groups excluding carboxylic acids is 2. The van der Waals surface area contributed by atoms with E-state index in [2.05, 4.69) is 62.1 Å². The number of phenols is 1. The topological polar surface area (TPSA) is 111 Å². The van der Waals surface area contributed by atoms with Gasteiger partial charge in [0.05, 0.1) is 31.2 Å².